The Morgan fingerprint density at radius 2 is 1.50 bits per heavy atom. The van der Waals surface area contributed by atoms with Crippen molar-refractivity contribution in [3.63, 3.8) is 0 Å². The van der Waals surface area contributed by atoms with E-state index in [1.54, 1.807) is 0 Å². The highest BCUT2D eigenvalue weighted by atomic mass is 16.1. The number of hydrogen-bond donors (Lipinski definition) is 0. The highest BCUT2D eigenvalue weighted by Crippen LogP contribution is 2.36. The van der Waals surface area contributed by atoms with Crippen LogP contribution in [0.1, 0.15) is 46.5 Å². The first-order chi connectivity index (χ1) is 4.62. The quantitative estimate of drug-likeness (QED) is 0.475. The predicted octanol–water partition coefficient (Wildman–Crippen LogP) is 2.79. The maximum absolute atomic E-state index is 8.81. The number of hydrogen-bond acceptors (Lipinski definition) is 1. The summed E-state index contributed by atoms with van der Waals surface area (Å²) in [6.45, 7) is 6.17. The van der Waals surface area contributed by atoms with Gasteiger partial charge in [0.05, 0.1) is 0 Å². The highest BCUT2D eigenvalue weighted by Gasteiger charge is 2.21. The molecule has 1 nitrogen and oxygen atoms in total. The van der Waals surface area contributed by atoms with Crippen LogP contribution in [0.15, 0.2) is 0 Å². The molecule has 0 heterocycles. The van der Waals surface area contributed by atoms with Gasteiger partial charge in [-0.25, -0.2) is 0 Å². The van der Waals surface area contributed by atoms with Crippen molar-refractivity contribution in [1.29, 1.82) is 0 Å². The minimum atomic E-state index is 0.694. The molecule has 0 amide bonds. The van der Waals surface area contributed by atoms with Crippen molar-refractivity contribution in [2.75, 3.05) is 0 Å². The van der Waals surface area contributed by atoms with Gasteiger partial charge in [-0.3, -0.25) is 0 Å². The van der Waals surface area contributed by atoms with E-state index in [0.29, 0.717) is 5.41 Å². The normalized spacial score (nSPS) is 21.1. The maximum Gasteiger partial charge on any atom is 0.116 e. The van der Waals surface area contributed by atoms with Gasteiger partial charge in [-0.15, -0.1) is 0 Å². The summed E-state index contributed by atoms with van der Waals surface area (Å²) < 4.78 is 0. The lowest BCUT2D eigenvalue weighted by atomic mass is 9.92. The van der Waals surface area contributed by atoms with Gasteiger partial charge < -0.3 is 4.79 Å². The molecule has 10 heavy (non-hydrogen) atoms. The van der Waals surface area contributed by atoms with Crippen LogP contribution in [0, 0.1) is 5.41 Å². The minimum absolute atomic E-state index is 0.694. The largest absolute Gasteiger partial charge is 0.304 e. The average Bonchev–Trinajstić information content (AvgIpc) is 2.16. The van der Waals surface area contributed by atoms with E-state index >= 15 is 0 Å². The summed E-state index contributed by atoms with van der Waals surface area (Å²) in [7, 11) is 0. The topological polar surface area (TPSA) is 17.1 Å². The van der Waals surface area contributed by atoms with Gasteiger partial charge in [0.2, 0.25) is 0 Å². The molecule has 0 aliphatic heterocycles. The molecule has 1 heteroatoms. The Labute approximate surface area is 63.8 Å². The zero-order valence-corrected chi connectivity index (χ0v) is 7.31. The van der Waals surface area contributed by atoms with Gasteiger partial charge in [0, 0.05) is 0 Å². The van der Waals surface area contributed by atoms with Crippen LogP contribution in [0.25, 0.3) is 0 Å². The first-order valence-corrected chi connectivity index (χ1v) is 4.02. The molecule has 0 radical (unpaired) electrons. The lowest BCUT2D eigenvalue weighted by Crippen LogP contribution is -2.01. The van der Waals surface area contributed by atoms with Crippen LogP contribution >= 0.6 is 0 Å². The summed E-state index contributed by atoms with van der Waals surface area (Å²) in [6, 6.07) is 0. The lowest BCUT2D eigenvalue weighted by molar-refractivity contribution is -0.106. The molecule has 0 aromatic rings. The molecule has 0 aromatic carbocycles. The van der Waals surface area contributed by atoms with E-state index in [1.165, 1.54) is 32.6 Å². The van der Waals surface area contributed by atoms with Gasteiger partial charge >= 0.3 is 0 Å². The third kappa shape index (κ3) is 4.54. The average molecular weight is 142 g/mol. The minimum Gasteiger partial charge on any atom is -0.304 e. The van der Waals surface area contributed by atoms with Crippen molar-refractivity contribution in [2.24, 2.45) is 5.41 Å². The summed E-state index contributed by atoms with van der Waals surface area (Å²) in [5.41, 5.74) is 0.694. The third-order valence-corrected chi connectivity index (χ3v) is 1.96. The van der Waals surface area contributed by atoms with E-state index in [4.69, 9.17) is 4.79 Å². The standard InChI is InChI=1S/C7H14.C2H4O/c1-7(2)5-3-4-6-7;1-2-3/h3-6H2,1-2H3;2H,1H3. The Bertz CT molecular complexity index is 86.9. The van der Waals surface area contributed by atoms with Crippen LogP contribution < -0.4 is 0 Å². The van der Waals surface area contributed by atoms with E-state index in [0.717, 1.165) is 6.29 Å². The molecule has 1 saturated carbocycles. The number of rotatable bonds is 0. The van der Waals surface area contributed by atoms with Crippen molar-refractivity contribution < 1.29 is 4.79 Å². The van der Waals surface area contributed by atoms with Crippen molar-refractivity contribution in [3.05, 3.63) is 0 Å². The van der Waals surface area contributed by atoms with Gasteiger partial charge in [-0.1, -0.05) is 26.7 Å². The number of aldehydes is 1. The van der Waals surface area contributed by atoms with Crippen LogP contribution in [0.5, 0.6) is 0 Å². The molecule has 60 valence electrons. The van der Waals surface area contributed by atoms with Crippen molar-refractivity contribution in [1.82, 2.24) is 0 Å². The fraction of sp³-hybridized carbons (Fsp3) is 0.889. The molecule has 0 spiro atoms. The van der Waals surface area contributed by atoms with Gasteiger partial charge in [0.15, 0.2) is 0 Å². The SMILES string of the molecule is CC1(C)CCCC1.CC=O. The molecule has 0 atom stereocenters. The van der Waals surface area contributed by atoms with Crippen LogP contribution in [-0.2, 0) is 4.79 Å². The van der Waals surface area contributed by atoms with E-state index in [-0.39, 0.29) is 0 Å². The first-order valence-electron chi connectivity index (χ1n) is 4.02. The Morgan fingerprint density at radius 1 is 1.20 bits per heavy atom. The summed E-state index contributed by atoms with van der Waals surface area (Å²) in [5, 5.41) is 0. The van der Waals surface area contributed by atoms with Crippen LogP contribution in [-0.4, -0.2) is 6.29 Å². The van der Waals surface area contributed by atoms with E-state index < -0.39 is 0 Å². The van der Waals surface area contributed by atoms with Gasteiger partial charge in [-0.05, 0) is 25.2 Å². The smallest absolute Gasteiger partial charge is 0.116 e. The fourth-order valence-corrected chi connectivity index (χ4v) is 1.33. The molecule has 1 aliphatic rings. The third-order valence-electron chi connectivity index (χ3n) is 1.96. The predicted molar refractivity (Wildman–Crippen MR) is 44.0 cm³/mol. The van der Waals surface area contributed by atoms with E-state index in [1.807, 2.05) is 0 Å². The Balaban J connectivity index is 0.000000236. The molecular formula is C9H18O. The van der Waals surface area contributed by atoms with Crippen LogP contribution in [0.3, 0.4) is 0 Å². The summed E-state index contributed by atoms with van der Waals surface area (Å²) in [5.74, 6) is 0. The second kappa shape index (κ2) is 4.48. The van der Waals surface area contributed by atoms with Crippen molar-refractivity contribution >= 4 is 6.29 Å². The highest BCUT2D eigenvalue weighted by molar-refractivity contribution is 5.44. The van der Waals surface area contributed by atoms with Crippen molar-refractivity contribution in [2.45, 2.75) is 46.5 Å². The monoisotopic (exact) mass is 142 g/mol. The zero-order chi connectivity index (χ0) is 8.04. The fourth-order valence-electron chi connectivity index (χ4n) is 1.33. The Morgan fingerprint density at radius 3 is 1.60 bits per heavy atom. The molecule has 1 fully saturated rings. The van der Waals surface area contributed by atoms with Crippen LogP contribution in [0.2, 0.25) is 0 Å². The van der Waals surface area contributed by atoms with Gasteiger partial charge in [0.25, 0.3) is 0 Å². The summed E-state index contributed by atoms with van der Waals surface area (Å²) in [6.07, 6.45) is 6.58. The Kier molecular flexibility index (Phi) is 4.33. The van der Waals surface area contributed by atoms with Crippen LogP contribution in [0.4, 0.5) is 0 Å². The molecule has 1 rings (SSSR count). The summed E-state index contributed by atoms with van der Waals surface area (Å²) >= 11 is 0. The molecular weight excluding hydrogens is 124 g/mol. The molecule has 0 aromatic heterocycles. The second-order valence-electron chi connectivity index (χ2n) is 3.61. The molecule has 0 bridgehead atoms. The number of carbonyl (C=O) groups excluding carboxylic acids is 1. The molecule has 0 N–H and O–H groups in total. The summed E-state index contributed by atoms with van der Waals surface area (Å²) in [4.78, 5) is 8.81. The second-order valence-corrected chi connectivity index (χ2v) is 3.61. The number of carbonyl (C=O) groups is 1. The van der Waals surface area contributed by atoms with E-state index in [2.05, 4.69) is 13.8 Å². The molecule has 0 unspecified atom stereocenters. The van der Waals surface area contributed by atoms with Crippen molar-refractivity contribution in [3.8, 4) is 0 Å². The Hall–Kier alpha value is -0.330. The molecule has 1 aliphatic carbocycles. The lowest BCUT2D eigenvalue weighted by Gasteiger charge is -2.13. The zero-order valence-electron chi connectivity index (χ0n) is 7.31. The van der Waals surface area contributed by atoms with Gasteiger partial charge in [-0.2, -0.15) is 0 Å². The molecule has 0 saturated heterocycles. The maximum atomic E-state index is 8.81. The van der Waals surface area contributed by atoms with E-state index in [9.17, 15) is 0 Å². The first kappa shape index (κ1) is 9.67. The van der Waals surface area contributed by atoms with Gasteiger partial charge in [0.1, 0.15) is 6.29 Å².